The van der Waals surface area contributed by atoms with Gasteiger partial charge in [-0.25, -0.2) is 0 Å². The minimum absolute atomic E-state index is 0.241. The third-order valence-corrected chi connectivity index (χ3v) is 6.16. The van der Waals surface area contributed by atoms with Crippen LogP contribution in [0.15, 0.2) is 91.0 Å². The molecular formula is C31H39N3. The van der Waals surface area contributed by atoms with Crippen LogP contribution in [0, 0.1) is 0 Å². The molecule has 3 heteroatoms. The van der Waals surface area contributed by atoms with Crippen molar-refractivity contribution in [2.45, 2.75) is 19.3 Å². The van der Waals surface area contributed by atoms with Crippen LogP contribution in [0.5, 0.6) is 0 Å². The Balaban J connectivity index is 2.12. The lowest BCUT2D eigenvalue weighted by Crippen LogP contribution is -2.09. The van der Waals surface area contributed by atoms with Gasteiger partial charge in [0, 0.05) is 65.3 Å². The van der Waals surface area contributed by atoms with Crippen LogP contribution in [0.4, 0.5) is 17.1 Å². The number of anilines is 3. The van der Waals surface area contributed by atoms with Gasteiger partial charge >= 0.3 is 0 Å². The van der Waals surface area contributed by atoms with Crippen LogP contribution >= 0.6 is 0 Å². The van der Waals surface area contributed by atoms with E-state index < -0.39 is 0 Å². The van der Waals surface area contributed by atoms with Crippen molar-refractivity contribution in [3.05, 3.63) is 108 Å². The fourth-order valence-corrected chi connectivity index (χ4v) is 4.11. The minimum Gasteiger partial charge on any atom is -0.378 e. The second-order valence-electron chi connectivity index (χ2n) is 9.72. The molecule has 0 aliphatic carbocycles. The van der Waals surface area contributed by atoms with Gasteiger partial charge in [0.25, 0.3) is 0 Å². The summed E-state index contributed by atoms with van der Waals surface area (Å²) in [4.78, 5) is 6.40. The molecule has 0 radical (unpaired) electrons. The van der Waals surface area contributed by atoms with E-state index >= 15 is 0 Å². The van der Waals surface area contributed by atoms with Gasteiger partial charge in [-0.2, -0.15) is 0 Å². The first-order valence-electron chi connectivity index (χ1n) is 11.8. The largest absolute Gasteiger partial charge is 0.378 e. The summed E-state index contributed by atoms with van der Waals surface area (Å²) in [5.41, 5.74) is 9.79. The van der Waals surface area contributed by atoms with E-state index in [4.69, 9.17) is 0 Å². The molecule has 3 nitrogen and oxygen atoms in total. The molecule has 34 heavy (non-hydrogen) atoms. The molecule has 0 heterocycles. The van der Waals surface area contributed by atoms with Crippen LogP contribution in [0.1, 0.15) is 36.0 Å². The summed E-state index contributed by atoms with van der Waals surface area (Å²) in [6.45, 7) is 6.35. The van der Waals surface area contributed by atoms with Crippen molar-refractivity contribution in [2.24, 2.45) is 0 Å². The Kier molecular flexibility index (Phi) is 8.22. The highest BCUT2D eigenvalue weighted by molar-refractivity contribution is 5.81. The first-order chi connectivity index (χ1) is 16.2. The van der Waals surface area contributed by atoms with E-state index in [1.54, 1.807) is 0 Å². The van der Waals surface area contributed by atoms with Crippen molar-refractivity contribution < 1.29 is 0 Å². The second kappa shape index (κ2) is 11.1. The average molecular weight is 454 g/mol. The SMILES string of the molecule is C=C(C)CC(C=C(c1ccc(N(C)C)cc1)c1ccc(N(C)C)cc1)c1ccc(N(C)C)cc1. The first-order valence-corrected chi connectivity index (χ1v) is 11.8. The zero-order chi connectivity index (χ0) is 24.8. The lowest BCUT2D eigenvalue weighted by Gasteiger charge is -2.20. The van der Waals surface area contributed by atoms with Crippen molar-refractivity contribution >= 4 is 22.6 Å². The minimum atomic E-state index is 0.241. The summed E-state index contributed by atoms with van der Waals surface area (Å²) in [7, 11) is 12.5. The van der Waals surface area contributed by atoms with E-state index in [9.17, 15) is 0 Å². The van der Waals surface area contributed by atoms with Gasteiger partial charge in [0.05, 0.1) is 0 Å². The van der Waals surface area contributed by atoms with Crippen LogP contribution in [-0.2, 0) is 0 Å². The Morgan fingerprint density at radius 1 is 0.647 bits per heavy atom. The average Bonchev–Trinajstić information content (AvgIpc) is 2.81. The number of hydrogen-bond donors (Lipinski definition) is 0. The maximum Gasteiger partial charge on any atom is 0.0361 e. The van der Waals surface area contributed by atoms with Gasteiger partial charge in [-0.15, -0.1) is 6.58 Å². The summed E-state index contributed by atoms with van der Waals surface area (Å²) in [5, 5.41) is 0. The number of allylic oxidation sites excluding steroid dienone is 2. The Morgan fingerprint density at radius 2 is 1.00 bits per heavy atom. The summed E-state index contributed by atoms with van der Waals surface area (Å²) in [5.74, 6) is 0.241. The van der Waals surface area contributed by atoms with Gasteiger partial charge < -0.3 is 14.7 Å². The molecule has 0 bridgehead atoms. The van der Waals surface area contributed by atoms with Crippen LogP contribution in [0.3, 0.4) is 0 Å². The third-order valence-electron chi connectivity index (χ3n) is 6.16. The number of benzene rings is 3. The fraction of sp³-hybridized carbons (Fsp3) is 0.290. The predicted octanol–water partition coefficient (Wildman–Crippen LogP) is 7.07. The molecule has 3 aromatic rings. The molecule has 1 atom stereocenters. The van der Waals surface area contributed by atoms with Gasteiger partial charge in [-0.3, -0.25) is 0 Å². The molecule has 3 rings (SSSR count). The molecule has 3 aromatic carbocycles. The van der Waals surface area contributed by atoms with Crippen LogP contribution in [0.2, 0.25) is 0 Å². The van der Waals surface area contributed by atoms with Crippen LogP contribution in [-0.4, -0.2) is 42.3 Å². The van der Waals surface area contributed by atoms with Crippen molar-refractivity contribution in [3.8, 4) is 0 Å². The highest BCUT2D eigenvalue weighted by Gasteiger charge is 2.14. The Hall–Kier alpha value is -3.46. The molecule has 0 N–H and O–H groups in total. The predicted molar refractivity (Wildman–Crippen MR) is 152 cm³/mol. The topological polar surface area (TPSA) is 9.72 Å². The first kappa shape index (κ1) is 25.2. The Bertz CT molecular complexity index is 1050. The standard InChI is InChI=1S/C31H39N3/c1-23(2)21-27(24-9-15-28(16-10-24)32(3)4)22-31(25-11-17-29(18-12-25)33(5)6)26-13-19-30(20-14-26)34(7)8/h9-20,22,27H,1,21H2,2-8H3. The normalized spacial score (nSPS) is 11.5. The van der Waals surface area contributed by atoms with E-state index in [-0.39, 0.29) is 5.92 Å². The van der Waals surface area contributed by atoms with Gasteiger partial charge in [0.2, 0.25) is 0 Å². The van der Waals surface area contributed by atoms with Gasteiger partial charge in [-0.05, 0) is 72.0 Å². The molecule has 0 spiro atoms. The van der Waals surface area contributed by atoms with Crippen molar-refractivity contribution in [3.63, 3.8) is 0 Å². The lowest BCUT2D eigenvalue weighted by atomic mass is 9.87. The van der Waals surface area contributed by atoms with E-state index in [1.807, 2.05) is 0 Å². The summed E-state index contributed by atoms with van der Waals surface area (Å²) < 4.78 is 0. The smallest absolute Gasteiger partial charge is 0.0361 e. The lowest BCUT2D eigenvalue weighted by molar-refractivity contribution is 0.828. The molecule has 0 saturated carbocycles. The third kappa shape index (κ3) is 6.32. The number of rotatable bonds is 9. The fourth-order valence-electron chi connectivity index (χ4n) is 4.11. The van der Waals surface area contributed by atoms with Crippen LogP contribution < -0.4 is 14.7 Å². The van der Waals surface area contributed by atoms with Crippen molar-refractivity contribution in [2.75, 3.05) is 57.0 Å². The molecule has 0 saturated heterocycles. The van der Waals surface area contributed by atoms with Crippen LogP contribution in [0.25, 0.3) is 5.57 Å². The van der Waals surface area contributed by atoms with Gasteiger partial charge in [0.1, 0.15) is 0 Å². The van der Waals surface area contributed by atoms with E-state index in [2.05, 4.69) is 149 Å². The molecule has 0 aliphatic heterocycles. The summed E-state index contributed by atoms with van der Waals surface area (Å²) in [6.07, 6.45) is 3.34. The Morgan fingerprint density at radius 3 is 1.32 bits per heavy atom. The van der Waals surface area contributed by atoms with E-state index in [0.29, 0.717) is 0 Å². The second-order valence-corrected chi connectivity index (χ2v) is 9.72. The zero-order valence-electron chi connectivity index (χ0n) is 21.8. The maximum atomic E-state index is 4.23. The quantitative estimate of drug-likeness (QED) is 0.321. The monoisotopic (exact) mass is 453 g/mol. The number of hydrogen-bond acceptors (Lipinski definition) is 3. The Labute approximate surface area is 206 Å². The van der Waals surface area contributed by atoms with Crippen molar-refractivity contribution in [1.29, 1.82) is 0 Å². The van der Waals surface area contributed by atoms with Gasteiger partial charge in [-0.1, -0.05) is 48.0 Å². The molecule has 0 aliphatic rings. The molecule has 178 valence electrons. The van der Waals surface area contributed by atoms with E-state index in [1.165, 1.54) is 44.9 Å². The van der Waals surface area contributed by atoms with Gasteiger partial charge in [0.15, 0.2) is 0 Å². The molecule has 0 aromatic heterocycles. The molecular weight excluding hydrogens is 414 g/mol. The van der Waals surface area contributed by atoms with E-state index in [0.717, 1.165) is 6.42 Å². The highest BCUT2D eigenvalue weighted by atomic mass is 15.1. The zero-order valence-corrected chi connectivity index (χ0v) is 21.8. The van der Waals surface area contributed by atoms with Crippen molar-refractivity contribution in [1.82, 2.24) is 0 Å². The summed E-state index contributed by atoms with van der Waals surface area (Å²) in [6, 6.07) is 26.6. The number of nitrogens with zero attached hydrogens (tertiary/aromatic N) is 3. The maximum absolute atomic E-state index is 4.23. The molecule has 0 fully saturated rings. The molecule has 0 amide bonds. The molecule has 1 unspecified atom stereocenters. The highest BCUT2D eigenvalue weighted by Crippen LogP contribution is 2.34. The summed E-state index contributed by atoms with van der Waals surface area (Å²) >= 11 is 0.